The molecule has 17 heavy (non-hydrogen) atoms. The number of carbonyl (C=O) groups is 1. The number of nitrogens with zero attached hydrogens (tertiary/aromatic N) is 1. The maximum atomic E-state index is 12.0. The zero-order valence-electron chi connectivity index (χ0n) is 10.4. The van der Waals surface area contributed by atoms with E-state index in [2.05, 4.69) is 4.90 Å². The van der Waals surface area contributed by atoms with E-state index < -0.39 is 0 Å². The van der Waals surface area contributed by atoms with Crippen molar-refractivity contribution < 1.29 is 14.6 Å². The molecule has 1 heterocycles. The van der Waals surface area contributed by atoms with Gasteiger partial charge in [0, 0.05) is 25.4 Å². The SMILES string of the molecule is O=C1CCCCCC1CN1CCOCC1CO. The standard InChI is InChI=1S/C13H23NO3/c15-9-12-10-17-7-6-14(12)8-11-4-2-1-3-5-13(11)16/h11-12,15H,1-10H2. The van der Waals surface area contributed by atoms with Crippen molar-refractivity contribution in [2.45, 2.75) is 38.1 Å². The first-order valence-corrected chi connectivity index (χ1v) is 6.76. The van der Waals surface area contributed by atoms with E-state index >= 15 is 0 Å². The van der Waals surface area contributed by atoms with Crippen molar-refractivity contribution in [3.05, 3.63) is 0 Å². The highest BCUT2D eigenvalue weighted by Crippen LogP contribution is 2.22. The normalized spacial score (nSPS) is 32.4. The van der Waals surface area contributed by atoms with Gasteiger partial charge in [0.25, 0.3) is 0 Å². The predicted octanol–water partition coefficient (Wildman–Crippen LogP) is 0.829. The van der Waals surface area contributed by atoms with Crippen LogP contribution in [0.15, 0.2) is 0 Å². The van der Waals surface area contributed by atoms with E-state index in [0.717, 1.165) is 39.0 Å². The fourth-order valence-electron chi connectivity index (χ4n) is 2.81. The van der Waals surface area contributed by atoms with Crippen LogP contribution >= 0.6 is 0 Å². The van der Waals surface area contributed by atoms with E-state index in [9.17, 15) is 9.90 Å². The van der Waals surface area contributed by atoms with Gasteiger partial charge >= 0.3 is 0 Å². The molecule has 2 rings (SSSR count). The molecule has 0 aromatic heterocycles. The van der Waals surface area contributed by atoms with Crippen molar-refractivity contribution in [3.8, 4) is 0 Å². The zero-order valence-corrected chi connectivity index (χ0v) is 10.4. The summed E-state index contributed by atoms with van der Waals surface area (Å²) in [5, 5.41) is 9.31. The molecule has 0 spiro atoms. The summed E-state index contributed by atoms with van der Waals surface area (Å²) in [6.07, 6.45) is 5.19. The van der Waals surface area contributed by atoms with Gasteiger partial charge in [-0.3, -0.25) is 9.69 Å². The summed E-state index contributed by atoms with van der Waals surface area (Å²) in [6, 6.07) is 0.0832. The highest BCUT2D eigenvalue weighted by atomic mass is 16.5. The van der Waals surface area contributed by atoms with Crippen LogP contribution in [0.3, 0.4) is 0 Å². The molecule has 0 aromatic carbocycles. The van der Waals surface area contributed by atoms with Crippen LogP contribution in [0, 0.1) is 5.92 Å². The molecule has 2 aliphatic rings. The number of aliphatic hydroxyl groups is 1. The van der Waals surface area contributed by atoms with E-state index in [0.29, 0.717) is 12.4 Å². The van der Waals surface area contributed by atoms with E-state index in [1.165, 1.54) is 12.8 Å². The van der Waals surface area contributed by atoms with Crippen molar-refractivity contribution in [1.29, 1.82) is 0 Å². The van der Waals surface area contributed by atoms with E-state index in [1.54, 1.807) is 0 Å². The molecule has 0 radical (unpaired) electrons. The van der Waals surface area contributed by atoms with Crippen LogP contribution in [-0.4, -0.2) is 54.7 Å². The number of hydrogen-bond donors (Lipinski definition) is 1. The summed E-state index contributed by atoms with van der Waals surface area (Å²) < 4.78 is 5.36. The Morgan fingerprint density at radius 3 is 3.06 bits per heavy atom. The minimum Gasteiger partial charge on any atom is -0.395 e. The molecule has 2 fully saturated rings. The molecule has 0 bridgehead atoms. The lowest BCUT2D eigenvalue weighted by molar-refractivity contribution is -0.124. The average molecular weight is 241 g/mol. The first-order valence-electron chi connectivity index (χ1n) is 6.76. The number of rotatable bonds is 3. The van der Waals surface area contributed by atoms with Gasteiger partial charge in [-0.1, -0.05) is 12.8 Å². The second kappa shape index (κ2) is 6.47. The molecular formula is C13H23NO3. The molecule has 0 amide bonds. The van der Waals surface area contributed by atoms with E-state index in [4.69, 9.17) is 4.74 Å². The van der Waals surface area contributed by atoms with Gasteiger partial charge in [0.05, 0.1) is 25.9 Å². The van der Waals surface area contributed by atoms with E-state index in [1.807, 2.05) is 0 Å². The first-order chi connectivity index (χ1) is 8.31. The molecule has 4 nitrogen and oxygen atoms in total. The Bertz CT molecular complexity index is 257. The summed E-state index contributed by atoms with van der Waals surface area (Å²) in [5.74, 6) is 0.607. The summed E-state index contributed by atoms with van der Waals surface area (Å²) in [4.78, 5) is 14.2. The molecule has 1 N–H and O–H groups in total. The number of morpholine rings is 1. The van der Waals surface area contributed by atoms with Crippen molar-refractivity contribution in [2.24, 2.45) is 5.92 Å². The third-order valence-corrected chi connectivity index (χ3v) is 3.95. The van der Waals surface area contributed by atoms with Crippen LogP contribution in [0.2, 0.25) is 0 Å². The molecule has 4 heteroatoms. The van der Waals surface area contributed by atoms with Crippen LogP contribution in [0.1, 0.15) is 32.1 Å². The maximum Gasteiger partial charge on any atom is 0.137 e. The third kappa shape index (κ3) is 3.50. The van der Waals surface area contributed by atoms with Gasteiger partial charge < -0.3 is 9.84 Å². The van der Waals surface area contributed by atoms with Gasteiger partial charge in [-0.05, 0) is 12.8 Å². The summed E-state index contributed by atoms with van der Waals surface area (Å²) in [6.45, 7) is 3.10. The lowest BCUT2D eigenvalue weighted by Gasteiger charge is -2.36. The lowest BCUT2D eigenvalue weighted by atomic mass is 9.97. The van der Waals surface area contributed by atoms with Crippen molar-refractivity contribution in [2.75, 3.05) is 32.9 Å². The molecule has 0 aromatic rings. The van der Waals surface area contributed by atoms with Crippen molar-refractivity contribution in [3.63, 3.8) is 0 Å². The van der Waals surface area contributed by atoms with Gasteiger partial charge in [0.1, 0.15) is 5.78 Å². The fraction of sp³-hybridized carbons (Fsp3) is 0.923. The summed E-state index contributed by atoms with van der Waals surface area (Å²) in [7, 11) is 0. The Kier molecular flexibility index (Phi) is 4.95. The number of carbonyl (C=O) groups excluding carboxylic acids is 1. The van der Waals surface area contributed by atoms with Crippen LogP contribution < -0.4 is 0 Å². The van der Waals surface area contributed by atoms with Gasteiger partial charge in [0.15, 0.2) is 0 Å². The Morgan fingerprint density at radius 1 is 1.35 bits per heavy atom. The highest BCUT2D eigenvalue weighted by Gasteiger charge is 2.28. The molecule has 2 atom stereocenters. The van der Waals surface area contributed by atoms with Gasteiger partial charge in [-0.15, -0.1) is 0 Å². The van der Waals surface area contributed by atoms with Crippen LogP contribution in [0.5, 0.6) is 0 Å². The third-order valence-electron chi connectivity index (χ3n) is 3.95. The lowest BCUT2D eigenvalue weighted by Crippen LogP contribution is -2.50. The largest absolute Gasteiger partial charge is 0.395 e. The first kappa shape index (κ1) is 13.0. The second-order valence-electron chi connectivity index (χ2n) is 5.17. The monoisotopic (exact) mass is 241 g/mol. The van der Waals surface area contributed by atoms with Gasteiger partial charge in [-0.2, -0.15) is 0 Å². The molecule has 1 saturated carbocycles. The van der Waals surface area contributed by atoms with Crippen molar-refractivity contribution >= 4 is 5.78 Å². The average Bonchev–Trinajstić information content (AvgIpc) is 2.56. The van der Waals surface area contributed by atoms with Crippen molar-refractivity contribution in [1.82, 2.24) is 4.90 Å². The quantitative estimate of drug-likeness (QED) is 0.744. The minimum absolute atomic E-state index is 0.0832. The predicted molar refractivity (Wildman–Crippen MR) is 64.8 cm³/mol. The smallest absolute Gasteiger partial charge is 0.137 e. The zero-order chi connectivity index (χ0) is 12.1. The molecule has 98 valence electrons. The van der Waals surface area contributed by atoms with Gasteiger partial charge in [0.2, 0.25) is 0 Å². The Hall–Kier alpha value is -0.450. The summed E-state index contributed by atoms with van der Waals surface area (Å²) in [5.41, 5.74) is 0. The summed E-state index contributed by atoms with van der Waals surface area (Å²) >= 11 is 0. The number of ether oxygens (including phenoxy) is 1. The number of ketones is 1. The number of hydrogen-bond acceptors (Lipinski definition) is 4. The molecule has 1 aliphatic carbocycles. The van der Waals surface area contributed by atoms with Crippen LogP contribution in [0.4, 0.5) is 0 Å². The van der Waals surface area contributed by atoms with E-state index in [-0.39, 0.29) is 18.6 Å². The highest BCUT2D eigenvalue weighted by molar-refractivity contribution is 5.81. The Balaban J connectivity index is 1.90. The Morgan fingerprint density at radius 2 is 2.24 bits per heavy atom. The topological polar surface area (TPSA) is 49.8 Å². The number of Topliss-reactive ketones (excluding diaryl/α,β-unsaturated/α-hetero) is 1. The minimum atomic E-state index is 0.0832. The van der Waals surface area contributed by atoms with Crippen LogP contribution in [0.25, 0.3) is 0 Å². The maximum absolute atomic E-state index is 12.0. The molecule has 1 saturated heterocycles. The number of aliphatic hydroxyl groups excluding tert-OH is 1. The fourth-order valence-corrected chi connectivity index (χ4v) is 2.81. The second-order valence-corrected chi connectivity index (χ2v) is 5.17. The Labute approximate surface area is 103 Å². The molecular weight excluding hydrogens is 218 g/mol. The molecule has 2 unspecified atom stereocenters. The molecule has 1 aliphatic heterocycles. The van der Waals surface area contributed by atoms with Gasteiger partial charge in [-0.25, -0.2) is 0 Å². The van der Waals surface area contributed by atoms with Crippen LogP contribution in [-0.2, 0) is 9.53 Å².